The Labute approximate surface area is 181 Å². The maximum absolute atomic E-state index is 13.0. The molecule has 5 nitrogen and oxygen atoms in total. The SMILES string of the molecule is CC(C)CC(=O)Nc1ccc(N(C)C)c(CN(Cc2ccccc2)C(=O)C(C)C)c1. The van der Waals surface area contributed by atoms with Crippen molar-refractivity contribution in [1.29, 1.82) is 0 Å². The van der Waals surface area contributed by atoms with Crippen molar-refractivity contribution in [3.8, 4) is 0 Å². The maximum Gasteiger partial charge on any atom is 0.225 e. The van der Waals surface area contributed by atoms with Crippen LogP contribution in [0.3, 0.4) is 0 Å². The van der Waals surface area contributed by atoms with Crippen molar-refractivity contribution in [3.63, 3.8) is 0 Å². The minimum Gasteiger partial charge on any atom is -0.377 e. The lowest BCUT2D eigenvalue weighted by Crippen LogP contribution is -2.34. The van der Waals surface area contributed by atoms with Gasteiger partial charge >= 0.3 is 0 Å². The van der Waals surface area contributed by atoms with Gasteiger partial charge in [-0.25, -0.2) is 0 Å². The van der Waals surface area contributed by atoms with Crippen LogP contribution in [0.1, 0.15) is 45.2 Å². The van der Waals surface area contributed by atoms with E-state index in [2.05, 4.69) is 5.32 Å². The first kappa shape index (κ1) is 23.5. The summed E-state index contributed by atoms with van der Waals surface area (Å²) in [6.07, 6.45) is 0.483. The second-order valence-electron chi connectivity index (χ2n) is 8.72. The quantitative estimate of drug-likeness (QED) is 0.639. The second kappa shape index (κ2) is 10.8. The van der Waals surface area contributed by atoms with Crippen molar-refractivity contribution in [2.45, 2.75) is 47.2 Å². The largest absolute Gasteiger partial charge is 0.377 e. The average molecular weight is 410 g/mol. The van der Waals surface area contributed by atoms with Gasteiger partial charge in [0.1, 0.15) is 0 Å². The molecule has 2 amide bonds. The molecule has 5 heteroatoms. The van der Waals surface area contributed by atoms with Gasteiger partial charge in [0.05, 0.1) is 0 Å². The van der Waals surface area contributed by atoms with Crippen molar-refractivity contribution < 1.29 is 9.59 Å². The van der Waals surface area contributed by atoms with Gasteiger partial charge in [0, 0.05) is 50.9 Å². The highest BCUT2D eigenvalue weighted by molar-refractivity contribution is 5.91. The number of carbonyl (C=O) groups excluding carboxylic acids is 2. The molecule has 0 aromatic heterocycles. The van der Waals surface area contributed by atoms with Gasteiger partial charge in [-0.1, -0.05) is 58.0 Å². The number of amides is 2. The van der Waals surface area contributed by atoms with E-state index in [9.17, 15) is 9.59 Å². The Kier molecular flexibility index (Phi) is 8.46. The number of carbonyl (C=O) groups is 2. The first-order valence-corrected chi connectivity index (χ1v) is 10.6. The molecule has 0 aliphatic heterocycles. The van der Waals surface area contributed by atoms with E-state index in [1.807, 2.05) is 100 Å². The molecule has 30 heavy (non-hydrogen) atoms. The van der Waals surface area contributed by atoms with Crippen LogP contribution in [-0.4, -0.2) is 30.8 Å². The van der Waals surface area contributed by atoms with Gasteiger partial charge in [0.15, 0.2) is 0 Å². The summed E-state index contributed by atoms with van der Waals surface area (Å²) in [5.74, 6) is 0.326. The third-order valence-electron chi connectivity index (χ3n) is 4.82. The normalized spacial score (nSPS) is 10.9. The highest BCUT2D eigenvalue weighted by atomic mass is 16.2. The molecule has 0 radical (unpaired) electrons. The summed E-state index contributed by atoms with van der Waals surface area (Å²) in [5, 5.41) is 2.99. The molecule has 1 N–H and O–H groups in total. The van der Waals surface area contributed by atoms with E-state index in [0.717, 1.165) is 22.5 Å². The molecule has 0 aliphatic carbocycles. The van der Waals surface area contributed by atoms with Gasteiger partial charge < -0.3 is 15.1 Å². The Hall–Kier alpha value is -2.82. The number of anilines is 2. The van der Waals surface area contributed by atoms with Crippen molar-refractivity contribution in [2.75, 3.05) is 24.3 Å². The zero-order valence-corrected chi connectivity index (χ0v) is 19.1. The average Bonchev–Trinajstić information content (AvgIpc) is 2.66. The minimum atomic E-state index is -0.0922. The third-order valence-corrected chi connectivity index (χ3v) is 4.82. The Bertz CT molecular complexity index is 845. The van der Waals surface area contributed by atoms with Crippen molar-refractivity contribution in [3.05, 3.63) is 59.7 Å². The molecule has 0 saturated heterocycles. The summed E-state index contributed by atoms with van der Waals surface area (Å²) in [6, 6.07) is 15.9. The van der Waals surface area contributed by atoms with Crippen LogP contribution < -0.4 is 10.2 Å². The van der Waals surface area contributed by atoms with E-state index in [1.165, 1.54) is 0 Å². The van der Waals surface area contributed by atoms with Crippen LogP contribution in [0.4, 0.5) is 11.4 Å². The molecule has 0 fully saturated rings. The molecule has 162 valence electrons. The summed E-state index contributed by atoms with van der Waals surface area (Å²) in [4.78, 5) is 29.1. The lowest BCUT2D eigenvalue weighted by molar-refractivity contribution is -0.135. The summed E-state index contributed by atoms with van der Waals surface area (Å²) in [5.41, 5.74) is 3.90. The van der Waals surface area contributed by atoms with Gasteiger partial charge in [-0.2, -0.15) is 0 Å². The lowest BCUT2D eigenvalue weighted by Gasteiger charge is -2.28. The molecule has 0 aliphatic rings. The Morgan fingerprint density at radius 1 is 0.933 bits per heavy atom. The molecule has 0 spiro atoms. The first-order valence-electron chi connectivity index (χ1n) is 10.6. The zero-order valence-electron chi connectivity index (χ0n) is 19.1. The smallest absolute Gasteiger partial charge is 0.225 e. The van der Waals surface area contributed by atoms with E-state index < -0.39 is 0 Å². The zero-order chi connectivity index (χ0) is 22.3. The number of hydrogen-bond donors (Lipinski definition) is 1. The van der Waals surface area contributed by atoms with Crippen molar-refractivity contribution in [2.24, 2.45) is 11.8 Å². The van der Waals surface area contributed by atoms with E-state index >= 15 is 0 Å². The number of hydrogen-bond acceptors (Lipinski definition) is 3. The van der Waals surface area contributed by atoms with Crippen LogP contribution in [0.2, 0.25) is 0 Å². The Balaban J connectivity index is 2.32. The van der Waals surface area contributed by atoms with Crippen LogP contribution >= 0.6 is 0 Å². The fourth-order valence-electron chi connectivity index (χ4n) is 3.40. The van der Waals surface area contributed by atoms with Crippen LogP contribution in [-0.2, 0) is 22.7 Å². The fourth-order valence-corrected chi connectivity index (χ4v) is 3.40. The molecule has 2 aromatic carbocycles. The molecular weight excluding hydrogens is 374 g/mol. The number of rotatable bonds is 9. The van der Waals surface area contributed by atoms with Crippen molar-refractivity contribution in [1.82, 2.24) is 4.90 Å². The summed E-state index contributed by atoms with van der Waals surface area (Å²) in [6.45, 7) is 8.94. The summed E-state index contributed by atoms with van der Waals surface area (Å²) in [7, 11) is 3.98. The second-order valence-corrected chi connectivity index (χ2v) is 8.72. The number of nitrogens with zero attached hydrogens (tertiary/aromatic N) is 2. The highest BCUT2D eigenvalue weighted by Gasteiger charge is 2.20. The molecular formula is C25H35N3O2. The maximum atomic E-state index is 13.0. The van der Waals surface area contributed by atoms with Crippen LogP contribution in [0, 0.1) is 11.8 Å². The van der Waals surface area contributed by atoms with Gasteiger partial charge in [0.25, 0.3) is 0 Å². The summed E-state index contributed by atoms with van der Waals surface area (Å²) >= 11 is 0. The molecule has 0 saturated carbocycles. The van der Waals surface area contributed by atoms with Crippen LogP contribution in [0.15, 0.2) is 48.5 Å². The molecule has 2 aromatic rings. The molecule has 0 heterocycles. The van der Waals surface area contributed by atoms with E-state index in [1.54, 1.807) is 0 Å². The van der Waals surface area contributed by atoms with E-state index in [4.69, 9.17) is 0 Å². The fraction of sp³-hybridized carbons (Fsp3) is 0.440. The molecule has 2 rings (SSSR count). The van der Waals surface area contributed by atoms with Gasteiger partial charge in [0.2, 0.25) is 11.8 Å². The van der Waals surface area contributed by atoms with E-state index in [-0.39, 0.29) is 17.7 Å². The Morgan fingerprint density at radius 2 is 1.60 bits per heavy atom. The van der Waals surface area contributed by atoms with Gasteiger partial charge in [-0.15, -0.1) is 0 Å². The Morgan fingerprint density at radius 3 is 2.17 bits per heavy atom. The third kappa shape index (κ3) is 6.90. The predicted molar refractivity (Wildman–Crippen MR) is 124 cm³/mol. The van der Waals surface area contributed by atoms with E-state index in [0.29, 0.717) is 25.4 Å². The predicted octanol–water partition coefficient (Wildman–Crippen LogP) is 4.92. The molecule has 0 bridgehead atoms. The number of nitrogens with one attached hydrogen (secondary N) is 1. The van der Waals surface area contributed by atoms with Crippen molar-refractivity contribution >= 4 is 23.2 Å². The first-order chi connectivity index (χ1) is 14.2. The monoisotopic (exact) mass is 409 g/mol. The van der Waals surface area contributed by atoms with Crippen LogP contribution in [0.5, 0.6) is 0 Å². The molecule has 0 unspecified atom stereocenters. The standard InChI is InChI=1S/C25H35N3O2/c1-18(2)14-24(29)26-22-12-13-23(27(5)6)21(15-22)17-28(25(30)19(3)4)16-20-10-8-7-9-11-20/h7-13,15,18-19H,14,16-17H2,1-6H3,(H,26,29). The minimum absolute atomic E-state index is 0.00736. The van der Waals surface area contributed by atoms with Crippen LogP contribution in [0.25, 0.3) is 0 Å². The topological polar surface area (TPSA) is 52.7 Å². The summed E-state index contributed by atoms with van der Waals surface area (Å²) < 4.78 is 0. The molecule has 0 atom stereocenters. The van der Waals surface area contributed by atoms with Gasteiger partial charge in [-0.05, 0) is 35.2 Å². The lowest BCUT2D eigenvalue weighted by atomic mass is 10.1. The van der Waals surface area contributed by atoms with Gasteiger partial charge in [-0.3, -0.25) is 9.59 Å². The number of benzene rings is 2. The highest BCUT2D eigenvalue weighted by Crippen LogP contribution is 2.26.